The smallest absolute Gasteiger partial charge is 0.225 e. The second-order valence-electron chi connectivity index (χ2n) is 5.91. The molecule has 1 heterocycles. The Hall–Kier alpha value is -1.29. The monoisotopic (exact) mass is 261 g/mol. The summed E-state index contributed by atoms with van der Waals surface area (Å²) in [5.74, 6) is 0.115. The number of nitrogens with one attached hydrogen (secondary N) is 2. The molecule has 0 aromatic carbocycles. The van der Waals surface area contributed by atoms with Gasteiger partial charge in [-0.15, -0.1) is 0 Å². The maximum absolute atomic E-state index is 11.9. The van der Waals surface area contributed by atoms with Gasteiger partial charge in [0.2, 0.25) is 5.91 Å². The lowest BCUT2D eigenvalue weighted by atomic mass is 10.3. The lowest BCUT2D eigenvalue weighted by Gasteiger charge is -2.09. The maximum Gasteiger partial charge on any atom is 0.225 e. The second-order valence-corrected chi connectivity index (χ2v) is 5.91. The van der Waals surface area contributed by atoms with Gasteiger partial charge in [-0.2, -0.15) is 0 Å². The van der Waals surface area contributed by atoms with E-state index in [2.05, 4.69) is 35.1 Å². The van der Waals surface area contributed by atoms with Crippen LogP contribution in [0.2, 0.25) is 0 Å². The van der Waals surface area contributed by atoms with Gasteiger partial charge in [-0.05, 0) is 45.6 Å². The minimum Gasteiger partial charge on any atom is -0.344 e. The Kier molecular flexibility index (Phi) is 3.35. The summed E-state index contributed by atoms with van der Waals surface area (Å²) in [7, 11) is 0. The highest BCUT2D eigenvalue weighted by Gasteiger charge is 2.27. The molecule has 0 radical (unpaired) electrons. The first-order valence-electron chi connectivity index (χ1n) is 7.37. The van der Waals surface area contributed by atoms with Gasteiger partial charge in [0, 0.05) is 36.4 Å². The van der Waals surface area contributed by atoms with Crippen LogP contribution >= 0.6 is 0 Å². The van der Waals surface area contributed by atoms with Crippen LogP contribution in [-0.4, -0.2) is 23.1 Å². The molecule has 0 saturated heterocycles. The molecule has 0 aliphatic heterocycles. The summed E-state index contributed by atoms with van der Waals surface area (Å²) in [6.45, 7) is 5.01. The molecule has 4 nitrogen and oxygen atoms in total. The van der Waals surface area contributed by atoms with Crippen LogP contribution in [0.4, 0.5) is 5.69 Å². The van der Waals surface area contributed by atoms with E-state index in [1.807, 2.05) is 0 Å². The molecule has 2 N–H and O–H groups in total. The summed E-state index contributed by atoms with van der Waals surface area (Å²) in [4.78, 5) is 11.9. The molecule has 4 heteroatoms. The van der Waals surface area contributed by atoms with Gasteiger partial charge in [0.15, 0.2) is 0 Å². The minimum atomic E-state index is 0.115. The Morgan fingerprint density at radius 2 is 2.05 bits per heavy atom. The van der Waals surface area contributed by atoms with Crippen LogP contribution in [0, 0.1) is 13.8 Å². The summed E-state index contributed by atoms with van der Waals surface area (Å²) < 4.78 is 2.36. The van der Waals surface area contributed by atoms with E-state index in [4.69, 9.17) is 0 Å². The molecule has 1 aromatic heterocycles. The van der Waals surface area contributed by atoms with E-state index in [0.717, 1.165) is 12.2 Å². The fraction of sp³-hybridized carbons (Fsp3) is 0.667. The molecule has 3 rings (SSSR count). The van der Waals surface area contributed by atoms with E-state index in [1.165, 1.54) is 37.1 Å². The predicted molar refractivity (Wildman–Crippen MR) is 76.4 cm³/mol. The Morgan fingerprint density at radius 3 is 2.68 bits per heavy atom. The van der Waals surface area contributed by atoms with E-state index in [0.29, 0.717) is 18.5 Å². The van der Waals surface area contributed by atoms with Crippen molar-refractivity contribution >= 4 is 11.6 Å². The first-order valence-corrected chi connectivity index (χ1v) is 7.37. The number of carbonyl (C=O) groups is 1. The standard InChI is InChI=1S/C15H23N3O/c1-10-9-14(11(2)18(10)13-5-6-13)17-15(19)7-8-16-12-3-4-12/h9,12-13,16H,3-8H2,1-2H3,(H,17,19). The van der Waals surface area contributed by atoms with E-state index in [-0.39, 0.29) is 5.91 Å². The van der Waals surface area contributed by atoms with Crippen molar-refractivity contribution in [2.75, 3.05) is 11.9 Å². The highest BCUT2D eigenvalue weighted by atomic mass is 16.1. The molecule has 104 valence electrons. The van der Waals surface area contributed by atoms with Crippen LogP contribution in [-0.2, 0) is 4.79 Å². The van der Waals surface area contributed by atoms with Crippen molar-refractivity contribution in [3.8, 4) is 0 Å². The van der Waals surface area contributed by atoms with Gasteiger partial charge in [0.1, 0.15) is 0 Å². The Labute approximate surface area is 114 Å². The fourth-order valence-electron chi connectivity index (χ4n) is 2.69. The Bertz CT molecular complexity index is 484. The lowest BCUT2D eigenvalue weighted by Crippen LogP contribution is -2.23. The molecule has 0 atom stereocenters. The number of carbonyl (C=O) groups excluding carboxylic acids is 1. The molecule has 1 amide bonds. The third-order valence-electron chi connectivity index (χ3n) is 4.03. The van der Waals surface area contributed by atoms with Gasteiger partial charge in [0.25, 0.3) is 0 Å². The van der Waals surface area contributed by atoms with E-state index in [1.54, 1.807) is 0 Å². The van der Waals surface area contributed by atoms with Crippen molar-refractivity contribution < 1.29 is 4.79 Å². The number of hydrogen-bond acceptors (Lipinski definition) is 2. The van der Waals surface area contributed by atoms with Crippen molar-refractivity contribution in [2.24, 2.45) is 0 Å². The summed E-state index contributed by atoms with van der Waals surface area (Å²) in [6, 6.07) is 3.44. The zero-order chi connectivity index (χ0) is 13.4. The molecule has 2 aliphatic carbocycles. The van der Waals surface area contributed by atoms with Crippen LogP contribution < -0.4 is 10.6 Å². The second kappa shape index (κ2) is 5.00. The molecule has 2 aliphatic rings. The van der Waals surface area contributed by atoms with E-state index < -0.39 is 0 Å². The van der Waals surface area contributed by atoms with Gasteiger partial charge in [-0.1, -0.05) is 0 Å². The van der Waals surface area contributed by atoms with Crippen LogP contribution in [0.15, 0.2) is 6.07 Å². The van der Waals surface area contributed by atoms with E-state index in [9.17, 15) is 4.79 Å². The quantitative estimate of drug-likeness (QED) is 0.826. The number of hydrogen-bond donors (Lipinski definition) is 2. The molecule has 1 aromatic rings. The van der Waals surface area contributed by atoms with Crippen LogP contribution in [0.1, 0.15) is 49.5 Å². The number of aryl methyl sites for hydroxylation is 1. The maximum atomic E-state index is 11.9. The minimum absolute atomic E-state index is 0.115. The van der Waals surface area contributed by atoms with Crippen molar-refractivity contribution in [3.05, 3.63) is 17.5 Å². The third kappa shape index (κ3) is 3.00. The Balaban J connectivity index is 1.56. The zero-order valence-corrected chi connectivity index (χ0v) is 11.8. The third-order valence-corrected chi connectivity index (χ3v) is 4.03. The average molecular weight is 261 g/mol. The Morgan fingerprint density at radius 1 is 1.32 bits per heavy atom. The average Bonchev–Trinajstić information content (AvgIpc) is 3.22. The molecule has 0 unspecified atom stereocenters. The SMILES string of the molecule is Cc1cc(NC(=O)CCNC2CC2)c(C)n1C1CC1. The predicted octanol–water partition coefficient (Wildman–Crippen LogP) is 2.52. The van der Waals surface area contributed by atoms with Gasteiger partial charge in [-0.3, -0.25) is 4.79 Å². The lowest BCUT2D eigenvalue weighted by molar-refractivity contribution is -0.116. The van der Waals surface area contributed by atoms with Gasteiger partial charge < -0.3 is 15.2 Å². The molecule has 0 bridgehead atoms. The van der Waals surface area contributed by atoms with Crippen LogP contribution in [0.3, 0.4) is 0 Å². The normalized spacial score (nSPS) is 18.6. The molecule has 2 fully saturated rings. The fourth-order valence-corrected chi connectivity index (χ4v) is 2.69. The first-order chi connectivity index (χ1) is 9.15. The molecule has 19 heavy (non-hydrogen) atoms. The highest BCUT2D eigenvalue weighted by molar-refractivity contribution is 5.91. The summed E-state index contributed by atoms with van der Waals surface area (Å²) in [5, 5.41) is 6.42. The van der Waals surface area contributed by atoms with Crippen molar-refractivity contribution in [1.82, 2.24) is 9.88 Å². The number of aromatic nitrogens is 1. The van der Waals surface area contributed by atoms with Crippen molar-refractivity contribution in [2.45, 2.75) is 58.0 Å². The van der Waals surface area contributed by atoms with E-state index >= 15 is 0 Å². The summed E-state index contributed by atoms with van der Waals surface area (Å²) in [5.41, 5.74) is 3.44. The molecule has 0 spiro atoms. The van der Waals surface area contributed by atoms with Gasteiger partial charge >= 0.3 is 0 Å². The number of nitrogens with zero attached hydrogens (tertiary/aromatic N) is 1. The van der Waals surface area contributed by atoms with Gasteiger partial charge in [-0.25, -0.2) is 0 Å². The summed E-state index contributed by atoms with van der Waals surface area (Å²) in [6.07, 6.45) is 5.64. The molecular formula is C15H23N3O. The highest BCUT2D eigenvalue weighted by Crippen LogP contribution is 2.39. The number of anilines is 1. The van der Waals surface area contributed by atoms with Crippen molar-refractivity contribution in [3.63, 3.8) is 0 Å². The zero-order valence-electron chi connectivity index (χ0n) is 11.8. The molecular weight excluding hydrogens is 238 g/mol. The molecule has 2 saturated carbocycles. The first kappa shape index (κ1) is 12.7. The number of rotatable bonds is 6. The van der Waals surface area contributed by atoms with Gasteiger partial charge in [0.05, 0.1) is 5.69 Å². The topological polar surface area (TPSA) is 46.1 Å². The largest absolute Gasteiger partial charge is 0.344 e. The van der Waals surface area contributed by atoms with Crippen LogP contribution in [0.25, 0.3) is 0 Å². The number of amides is 1. The van der Waals surface area contributed by atoms with Crippen molar-refractivity contribution in [1.29, 1.82) is 0 Å². The van der Waals surface area contributed by atoms with Crippen LogP contribution in [0.5, 0.6) is 0 Å². The summed E-state index contributed by atoms with van der Waals surface area (Å²) >= 11 is 0.